The zero-order chi connectivity index (χ0) is 24.9. The smallest absolute Gasteiger partial charge is 0.338 e. The van der Waals surface area contributed by atoms with Crippen LogP contribution in [0.3, 0.4) is 0 Å². The van der Waals surface area contributed by atoms with Crippen LogP contribution in [0.1, 0.15) is 31.0 Å². The molecule has 3 aromatic rings. The molecular formula is C27H26N2O4S2. The fraction of sp³-hybridized carbons (Fsp3) is 0.222. The number of hydrogen-bond acceptors (Lipinski definition) is 7. The van der Waals surface area contributed by atoms with Gasteiger partial charge in [-0.15, -0.1) is 11.8 Å². The topological polar surface area (TPSA) is 69.9 Å². The molecule has 0 unspecified atom stereocenters. The maximum atomic E-state index is 13.6. The molecule has 0 aliphatic carbocycles. The summed E-state index contributed by atoms with van der Waals surface area (Å²) in [4.78, 5) is 32.9. The molecule has 6 nitrogen and oxygen atoms in total. The molecule has 0 bridgehead atoms. The molecule has 1 aliphatic heterocycles. The van der Waals surface area contributed by atoms with E-state index in [1.807, 2.05) is 60.9 Å². The Balaban J connectivity index is 1.84. The molecule has 0 fully saturated rings. The van der Waals surface area contributed by atoms with E-state index in [1.165, 1.54) is 11.3 Å². The second-order valence-electron chi connectivity index (χ2n) is 7.74. The molecular weight excluding hydrogens is 480 g/mol. The molecule has 2 heterocycles. The number of hydrogen-bond donors (Lipinski definition) is 0. The molecule has 1 atom stereocenters. The molecule has 0 saturated carbocycles. The number of carbonyl (C=O) groups is 1. The number of allylic oxidation sites excluding steroid dienone is 1. The Hall–Kier alpha value is -3.36. The molecule has 0 N–H and O–H groups in total. The third-order valence-corrected chi connectivity index (χ3v) is 7.22. The van der Waals surface area contributed by atoms with Gasteiger partial charge in [0.2, 0.25) is 0 Å². The van der Waals surface area contributed by atoms with Gasteiger partial charge in [0, 0.05) is 4.90 Å². The van der Waals surface area contributed by atoms with Crippen LogP contribution in [0.2, 0.25) is 0 Å². The third-order valence-electron chi connectivity index (χ3n) is 5.49. The molecule has 0 radical (unpaired) electrons. The summed E-state index contributed by atoms with van der Waals surface area (Å²) < 4.78 is 13.0. The van der Waals surface area contributed by atoms with Crippen molar-refractivity contribution >= 4 is 35.1 Å². The minimum Gasteiger partial charge on any atom is -0.490 e. The lowest BCUT2D eigenvalue weighted by Gasteiger charge is -2.24. The van der Waals surface area contributed by atoms with E-state index in [2.05, 4.69) is 11.6 Å². The number of thioether (sulfide) groups is 1. The maximum absolute atomic E-state index is 13.6. The van der Waals surface area contributed by atoms with Crippen LogP contribution in [-0.4, -0.2) is 30.0 Å². The van der Waals surface area contributed by atoms with Crippen molar-refractivity contribution in [3.8, 4) is 5.75 Å². The van der Waals surface area contributed by atoms with Crippen molar-refractivity contribution in [2.24, 2.45) is 4.99 Å². The lowest BCUT2D eigenvalue weighted by atomic mass is 9.96. The van der Waals surface area contributed by atoms with Crippen LogP contribution in [0.25, 0.3) is 6.08 Å². The zero-order valence-electron chi connectivity index (χ0n) is 19.8. The van der Waals surface area contributed by atoms with Crippen molar-refractivity contribution in [2.75, 3.05) is 19.5 Å². The monoisotopic (exact) mass is 506 g/mol. The van der Waals surface area contributed by atoms with E-state index in [0.29, 0.717) is 27.2 Å². The van der Waals surface area contributed by atoms with Crippen molar-refractivity contribution in [2.45, 2.75) is 24.8 Å². The van der Waals surface area contributed by atoms with Crippen molar-refractivity contribution in [3.63, 3.8) is 0 Å². The normalized spacial score (nSPS) is 15.4. The average molecular weight is 507 g/mol. The summed E-state index contributed by atoms with van der Waals surface area (Å²) in [7, 11) is 0. The Morgan fingerprint density at radius 3 is 2.54 bits per heavy atom. The molecule has 8 heteroatoms. The van der Waals surface area contributed by atoms with Crippen LogP contribution < -0.4 is 19.6 Å². The molecule has 180 valence electrons. The highest BCUT2D eigenvalue weighted by Gasteiger charge is 2.33. The van der Waals surface area contributed by atoms with Crippen molar-refractivity contribution < 1.29 is 14.3 Å². The summed E-state index contributed by atoms with van der Waals surface area (Å²) in [6.07, 6.45) is 5.52. The average Bonchev–Trinajstić information content (AvgIpc) is 3.17. The summed E-state index contributed by atoms with van der Waals surface area (Å²) in [5.74, 6) is 0.268. The summed E-state index contributed by atoms with van der Waals surface area (Å²) in [5.41, 5.74) is 2.43. The van der Waals surface area contributed by atoms with Crippen molar-refractivity contribution in [1.82, 2.24) is 4.57 Å². The van der Waals surface area contributed by atoms with E-state index < -0.39 is 12.0 Å². The minimum absolute atomic E-state index is 0.200. The number of aromatic nitrogens is 1. The van der Waals surface area contributed by atoms with Gasteiger partial charge in [-0.3, -0.25) is 9.36 Å². The first-order chi connectivity index (χ1) is 17.0. The van der Waals surface area contributed by atoms with E-state index in [-0.39, 0.29) is 12.2 Å². The predicted molar refractivity (Wildman–Crippen MR) is 141 cm³/mol. The summed E-state index contributed by atoms with van der Waals surface area (Å²) in [5, 5.41) is 0. The van der Waals surface area contributed by atoms with E-state index in [0.717, 1.165) is 21.8 Å². The number of rotatable bonds is 8. The van der Waals surface area contributed by atoms with Crippen molar-refractivity contribution in [3.05, 3.63) is 103 Å². The summed E-state index contributed by atoms with van der Waals surface area (Å²) in [6, 6.07) is 14.8. The highest BCUT2D eigenvalue weighted by molar-refractivity contribution is 7.98. The van der Waals surface area contributed by atoms with Crippen LogP contribution in [0.15, 0.2) is 87.1 Å². The van der Waals surface area contributed by atoms with Gasteiger partial charge in [-0.1, -0.05) is 48.3 Å². The number of benzene rings is 2. The SMILES string of the molecule is C=CCOc1ccc(/C=c2\sc3n(c2=O)[C@H](c2ccc(SC)cc2)C(C(=O)OCC)=C(C)N=3)cc1. The molecule has 0 amide bonds. The van der Waals surface area contributed by atoms with Crippen LogP contribution in [-0.2, 0) is 9.53 Å². The highest BCUT2D eigenvalue weighted by Crippen LogP contribution is 2.31. The minimum atomic E-state index is -0.613. The largest absolute Gasteiger partial charge is 0.490 e. The Kier molecular flexibility index (Phi) is 7.73. The fourth-order valence-electron chi connectivity index (χ4n) is 3.86. The quantitative estimate of drug-likeness (QED) is 0.262. The number of fused-ring (bicyclic) bond motifs is 1. The predicted octanol–water partition coefficient (Wildman–Crippen LogP) is 4.09. The van der Waals surface area contributed by atoms with Crippen LogP contribution in [0.5, 0.6) is 5.75 Å². The standard InChI is InChI=1S/C27H26N2O4S2/c1-5-15-33-20-11-7-18(8-12-20)16-22-25(30)29-24(19-9-13-21(34-4)14-10-19)23(26(31)32-6-2)17(3)28-27(29)35-22/h5,7-14,16,24H,1,6,15H2,2-4H3/b22-16-/t24-/m1/s1. The van der Waals surface area contributed by atoms with Gasteiger partial charge in [-0.25, -0.2) is 9.79 Å². The van der Waals surface area contributed by atoms with Gasteiger partial charge in [0.05, 0.1) is 28.5 Å². The molecule has 2 aromatic carbocycles. The Morgan fingerprint density at radius 1 is 1.20 bits per heavy atom. The van der Waals surface area contributed by atoms with Crippen LogP contribution >= 0.6 is 23.1 Å². The van der Waals surface area contributed by atoms with E-state index >= 15 is 0 Å². The summed E-state index contributed by atoms with van der Waals surface area (Å²) >= 11 is 2.94. The summed E-state index contributed by atoms with van der Waals surface area (Å²) in [6.45, 7) is 7.87. The second kappa shape index (κ2) is 10.9. The number of nitrogens with zero attached hydrogens (tertiary/aromatic N) is 2. The molecule has 0 spiro atoms. The van der Waals surface area contributed by atoms with E-state index in [4.69, 9.17) is 9.47 Å². The Bertz CT molecular complexity index is 1450. The first-order valence-electron chi connectivity index (χ1n) is 11.1. The fourth-order valence-corrected chi connectivity index (χ4v) is 5.31. The van der Waals surface area contributed by atoms with Gasteiger partial charge in [-0.2, -0.15) is 0 Å². The first-order valence-corrected chi connectivity index (χ1v) is 13.2. The van der Waals surface area contributed by atoms with E-state index in [9.17, 15) is 9.59 Å². The van der Waals surface area contributed by atoms with Gasteiger partial charge in [-0.05, 0) is 61.6 Å². The van der Waals surface area contributed by atoms with Gasteiger partial charge < -0.3 is 9.47 Å². The molecule has 1 aliphatic rings. The van der Waals surface area contributed by atoms with Crippen molar-refractivity contribution in [1.29, 1.82) is 0 Å². The number of carbonyl (C=O) groups excluding carboxylic acids is 1. The second-order valence-corrected chi connectivity index (χ2v) is 9.63. The first kappa shape index (κ1) is 24.8. The van der Waals surface area contributed by atoms with Gasteiger partial charge in [0.1, 0.15) is 12.4 Å². The molecule has 35 heavy (non-hydrogen) atoms. The van der Waals surface area contributed by atoms with Gasteiger partial charge in [0.15, 0.2) is 4.80 Å². The van der Waals surface area contributed by atoms with E-state index in [1.54, 1.807) is 36.3 Å². The maximum Gasteiger partial charge on any atom is 0.338 e. The Morgan fingerprint density at radius 2 is 1.91 bits per heavy atom. The number of esters is 1. The lowest BCUT2D eigenvalue weighted by Crippen LogP contribution is -2.39. The molecule has 0 saturated heterocycles. The van der Waals surface area contributed by atoms with Crippen LogP contribution in [0, 0.1) is 0 Å². The van der Waals surface area contributed by atoms with Crippen LogP contribution in [0.4, 0.5) is 0 Å². The lowest BCUT2D eigenvalue weighted by molar-refractivity contribution is -0.139. The Labute approximate surface area is 211 Å². The third kappa shape index (κ3) is 5.18. The number of ether oxygens (including phenoxy) is 2. The van der Waals surface area contributed by atoms with Gasteiger partial charge in [0.25, 0.3) is 5.56 Å². The zero-order valence-corrected chi connectivity index (χ0v) is 21.4. The van der Waals surface area contributed by atoms with Gasteiger partial charge >= 0.3 is 5.97 Å². The molecule has 1 aromatic heterocycles. The molecule has 4 rings (SSSR count). The number of thiazole rings is 1. The highest BCUT2D eigenvalue weighted by atomic mass is 32.2.